The van der Waals surface area contributed by atoms with E-state index in [1.54, 1.807) is 24.4 Å². The summed E-state index contributed by atoms with van der Waals surface area (Å²) in [7, 11) is 0. The van der Waals surface area contributed by atoms with E-state index in [2.05, 4.69) is 21.0 Å². The number of aromatic nitrogens is 3. The monoisotopic (exact) mass is 418 g/mol. The molecule has 0 aliphatic carbocycles. The highest BCUT2D eigenvalue weighted by Gasteiger charge is 2.18. The van der Waals surface area contributed by atoms with Gasteiger partial charge >= 0.3 is 0 Å². The first-order chi connectivity index (χ1) is 14.6. The lowest BCUT2D eigenvalue weighted by atomic mass is 10.1. The van der Waals surface area contributed by atoms with Crippen molar-refractivity contribution in [1.29, 1.82) is 5.26 Å². The molecule has 0 atom stereocenters. The highest BCUT2D eigenvalue weighted by molar-refractivity contribution is 6.30. The van der Waals surface area contributed by atoms with Crippen LogP contribution in [0.25, 0.3) is 22.8 Å². The number of halogens is 1. The third-order valence-corrected chi connectivity index (χ3v) is 4.77. The molecule has 2 aromatic heterocycles. The lowest BCUT2D eigenvalue weighted by Gasteiger charge is -2.06. The molecule has 6 nitrogen and oxygen atoms in total. The summed E-state index contributed by atoms with van der Waals surface area (Å²) in [5, 5.41) is 9.66. The van der Waals surface area contributed by atoms with Gasteiger partial charge in [-0.25, -0.2) is 9.97 Å². The molecule has 0 aliphatic rings. The Hall–Kier alpha value is -3.56. The van der Waals surface area contributed by atoms with Crippen molar-refractivity contribution in [3.05, 3.63) is 76.9 Å². The molecule has 0 unspecified atom stereocenters. The number of nitriles is 1. The fraction of sp³-hybridized carbons (Fsp3) is 0.174. The number of benzene rings is 2. The average molecular weight is 419 g/mol. The molecule has 2 heterocycles. The summed E-state index contributed by atoms with van der Waals surface area (Å²) in [6.07, 6.45) is 3.15. The summed E-state index contributed by atoms with van der Waals surface area (Å²) < 4.78 is 11.8. The lowest BCUT2D eigenvalue weighted by Crippen LogP contribution is -2.00. The van der Waals surface area contributed by atoms with E-state index in [0.29, 0.717) is 40.9 Å². The van der Waals surface area contributed by atoms with Crippen molar-refractivity contribution in [3.8, 4) is 34.7 Å². The van der Waals surface area contributed by atoms with Gasteiger partial charge in [-0.3, -0.25) is 0 Å². The quantitative estimate of drug-likeness (QED) is 0.396. The Bertz CT molecular complexity index is 1190. The van der Waals surface area contributed by atoms with Crippen LogP contribution >= 0.6 is 11.6 Å². The number of ether oxygens (including phenoxy) is 1. The van der Waals surface area contributed by atoms with Crippen molar-refractivity contribution in [2.24, 2.45) is 0 Å². The van der Waals surface area contributed by atoms with Crippen LogP contribution in [-0.2, 0) is 6.42 Å². The van der Waals surface area contributed by atoms with Gasteiger partial charge in [-0.05, 0) is 43.7 Å². The Morgan fingerprint density at radius 2 is 2.00 bits per heavy atom. The molecule has 4 aromatic rings. The van der Waals surface area contributed by atoms with Gasteiger partial charge in [-0.15, -0.1) is 0 Å². The molecule has 0 saturated carbocycles. The van der Waals surface area contributed by atoms with Gasteiger partial charge in [0.1, 0.15) is 28.7 Å². The number of hydrogen-bond acceptors (Lipinski definition) is 5. The van der Waals surface area contributed by atoms with Crippen LogP contribution in [0.5, 0.6) is 5.75 Å². The Morgan fingerprint density at radius 3 is 2.73 bits per heavy atom. The van der Waals surface area contributed by atoms with Crippen LogP contribution in [0.2, 0.25) is 5.02 Å². The number of nitrogens with one attached hydrogen (secondary N) is 1. The Balaban J connectivity index is 1.51. The maximum Gasteiger partial charge on any atom is 0.247 e. The van der Waals surface area contributed by atoms with Crippen LogP contribution in [0, 0.1) is 18.3 Å². The number of oxazole rings is 1. The summed E-state index contributed by atoms with van der Waals surface area (Å²) in [5.41, 5.74) is 2.94. The van der Waals surface area contributed by atoms with Crippen LogP contribution in [0.3, 0.4) is 0 Å². The molecular weight excluding hydrogens is 400 g/mol. The van der Waals surface area contributed by atoms with Gasteiger partial charge in [-0.1, -0.05) is 29.8 Å². The minimum atomic E-state index is 0.474. The second-order valence-electron chi connectivity index (χ2n) is 6.76. The van der Waals surface area contributed by atoms with E-state index in [4.69, 9.17) is 26.0 Å². The van der Waals surface area contributed by atoms with Crippen molar-refractivity contribution in [2.75, 3.05) is 6.61 Å². The molecule has 0 saturated heterocycles. The molecule has 0 spiro atoms. The van der Waals surface area contributed by atoms with Gasteiger partial charge in [0.05, 0.1) is 18.2 Å². The van der Waals surface area contributed by atoms with E-state index in [1.807, 2.05) is 37.3 Å². The first-order valence-electron chi connectivity index (χ1n) is 9.53. The molecule has 0 aliphatic heterocycles. The molecule has 150 valence electrons. The topological polar surface area (TPSA) is 87.7 Å². The van der Waals surface area contributed by atoms with Crippen LogP contribution in [0.15, 0.2) is 59.1 Å². The summed E-state index contributed by atoms with van der Waals surface area (Å²) in [5.74, 6) is 2.72. The smallest absolute Gasteiger partial charge is 0.247 e. The molecular formula is C23H19ClN4O2. The van der Waals surface area contributed by atoms with E-state index in [-0.39, 0.29) is 0 Å². The van der Waals surface area contributed by atoms with Crippen molar-refractivity contribution in [1.82, 2.24) is 15.0 Å². The van der Waals surface area contributed by atoms with Gasteiger partial charge in [0.2, 0.25) is 5.89 Å². The van der Waals surface area contributed by atoms with Gasteiger partial charge < -0.3 is 14.1 Å². The van der Waals surface area contributed by atoms with Crippen LogP contribution < -0.4 is 4.74 Å². The molecule has 0 radical (unpaired) electrons. The normalized spacial score (nSPS) is 10.7. The summed E-state index contributed by atoms with van der Waals surface area (Å²) in [6.45, 7) is 2.37. The predicted molar refractivity (Wildman–Crippen MR) is 114 cm³/mol. The number of aryl methyl sites for hydroxylation is 2. The maximum absolute atomic E-state index is 9.00. The van der Waals surface area contributed by atoms with Crippen molar-refractivity contribution >= 4 is 11.6 Å². The number of nitrogens with zero attached hydrogens (tertiary/aromatic N) is 3. The Morgan fingerprint density at radius 1 is 1.17 bits per heavy atom. The van der Waals surface area contributed by atoms with Gasteiger partial charge in [-0.2, -0.15) is 5.26 Å². The van der Waals surface area contributed by atoms with Crippen molar-refractivity contribution in [3.63, 3.8) is 0 Å². The number of rotatable bonds is 7. The Labute approximate surface area is 179 Å². The number of H-pyrrole nitrogens is 1. The zero-order valence-electron chi connectivity index (χ0n) is 16.4. The third kappa shape index (κ3) is 4.53. The summed E-state index contributed by atoms with van der Waals surface area (Å²) in [6, 6.07) is 16.7. The summed E-state index contributed by atoms with van der Waals surface area (Å²) >= 11 is 6.03. The molecule has 7 heteroatoms. The largest absolute Gasteiger partial charge is 0.494 e. The maximum atomic E-state index is 9.00. The fourth-order valence-corrected chi connectivity index (χ4v) is 3.20. The molecule has 1 N–H and O–H groups in total. The molecule has 0 amide bonds. The second-order valence-corrected chi connectivity index (χ2v) is 7.20. The zero-order valence-corrected chi connectivity index (χ0v) is 17.1. The molecule has 30 heavy (non-hydrogen) atoms. The van der Waals surface area contributed by atoms with Crippen molar-refractivity contribution < 1.29 is 9.15 Å². The molecule has 2 aromatic carbocycles. The average Bonchev–Trinajstić information content (AvgIpc) is 3.38. The standard InChI is InChI=1S/C23H19ClN4O2/c1-15-26-14-20(27-15)23-28-22(17-7-9-18(24)10-8-17)21(30-23)6-3-11-29-19-5-2-4-16(12-19)13-25/h2,4-5,7-10,12,14H,3,6,11H2,1H3,(H,26,27). The zero-order chi connectivity index (χ0) is 20.9. The number of aromatic amines is 1. The second kappa shape index (κ2) is 8.85. The molecule has 4 rings (SSSR count). The van der Waals surface area contributed by atoms with Gasteiger partial charge in [0, 0.05) is 23.2 Å². The van der Waals surface area contributed by atoms with Crippen molar-refractivity contribution in [2.45, 2.75) is 19.8 Å². The van der Waals surface area contributed by atoms with E-state index in [1.165, 1.54) is 0 Å². The first kappa shape index (κ1) is 19.7. The highest BCUT2D eigenvalue weighted by Crippen LogP contribution is 2.30. The van der Waals surface area contributed by atoms with E-state index < -0.39 is 0 Å². The number of imidazole rings is 1. The van der Waals surface area contributed by atoms with Gasteiger partial charge in [0.25, 0.3) is 0 Å². The molecule has 0 bridgehead atoms. The van der Waals surface area contributed by atoms with E-state index in [0.717, 1.165) is 29.3 Å². The van der Waals surface area contributed by atoms with E-state index in [9.17, 15) is 0 Å². The molecule has 0 fully saturated rings. The lowest BCUT2D eigenvalue weighted by molar-refractivity contribution is 0.306. The predicted octanol–water partition coefficient (Wildman–Crippen LogP) is 5.58. The Kier molecular flexibility index (Phi) is 5.82. The minimum absolute atomic E-state index is 0.474. The summed E-state index contributed by atoms with van der Waals surface area (Å²) in [4.78, 5) is 12.1. The van der Waals surface area contributed by atoms with Gasteiger partial charge in [0.15, 0.2) is 0 Å². The van der Waals surface area contributed by atoms with Crippen LogP contribution in [0.4, 0.5) is 0 Å². The van der Waals surface area contributed by atoms with Crippen LogP contribution in [0.1, 0.15) is 23.6 Å². The number of hydrogen-bond donors (Lipinski definition) is 1. The van der Waals surface area contributed by atoms with Crippen LogP contribution in [-0.4, -0.2) is 21.6 Å². The first-order valence-corrected chi connectivity index (χ1v) is 9.91. The van der Waals surface area contributed by atoms with E-state index >= 15 is 0 Å². The SMILES string of the molecule is Cc1nc(-c2nc(-c3ccc(Cl)cc3)c(CCCOc3cccc(C#N)c3)o2)c[nH]1. The fourth-order valence-electron chi connectivity index (χ4n) is 3.07. The third-order valence-electron chi connectivity index (χ3n) is 4.52. The highest BCUT2D eigenvalue weighted by atomic mass is 35.5. The minimum Gasteiger partial charge on any atom is -0.494 e.